The largest absolute Gasteiger partial charge is 0.379 e. The van der Waals surface area contributed by atoms with Gasteiger partial charge in [0.2, 0.25) is 0 Å². The maximum absolute atomic E-state index is 12.3. The van der Waals surface area contributed by atoms with Crippen molar-refractivity contribution in [2.75, 3.05) is 27.2 Å². The minimum Gasteiger partial charge on any atom is -0.379 e. The average molecular weight is 535 g/mol. The molecule has 40 heavy (non-hydrogen) atoms. The fourth-order valence-corrected chi connectivity index (χ4v) is 6.63. The summed E-state index contributed by atoms with van der Waals surface area (Å²) in [6, 6.07) is 40.6. The molecule has 0 saturated heterocycles. The number of rotatable bonds is 10. The molecule has 0 radical (unpaired) electrons. The zero-order valence-electron chi connectivity index (χ0n) is 23.7. The lowest BCUT2D eigenvalue weighted by molar-refractivity contribution is -0.0200. The molecule has 0 amide bonds. The van der Waals surface area contributed by atoms with Gasteiger partial charge in [-0.15, -0.1) is 0 Å². The lowest BCUT2D eigenvalue weighted by Gasteiger charge is -2.46. The van der Waals surface area contributed by atoms with Crippen molar-refractivity contribution in [2.45, 2.75) is 49.0 Å². The van der Waals surface area contributed by atoms with E-state index in [9.17, 15) is 10.2 Å². The van der Waals surface area contributed by atoms with Crippen LogP contribution in [0.15, 0.2) is 121 Å². The van der Waals surface area contributed by atoms with Gasteiger partial charge in [-0.25, -0.2) is 0 Å². The van der Waals surface area contributed by atoms with Crippen molar-refractivity contribution in [1.82, 2.24) is 9.80 Å². The summed E-state index contributed by atoms with van der Waals surface area (Å²) < 4.78 is 0. The van der Waals surface area contributed by atoms with Crippen LogP contribution in [0, 0.1) is 0 Å². The number of hydrogen-bond acceptors (Lipinski definition) is 4. The molecule has 0 unspecified atom stereocenters. The predicted molar refractivity (Wildman–Crippen MR) is 163 cm³/mol. The number of likely N-dealkylation sites (N-methyl/N-ethyl adjacent to an activating group) is 2. The van der Waals surface area contributed by atoms with Crippen molar-refractivity contribution in [1.29, 1.82) is 0 Å². The third kappa shape index (κ3) is 5.91. The number of aliphatic hydroxyl groups is 2. The summed E-state index contributed by atoms with van der Waals surface area (Å²) in [6.45, 7) is 0.968. The molecule has 4 heteroatoms. The van der Waals surface area contributed by atoms with E-state index in [0.717, 1.165) is 47.9 Å². The fraction of sp³-hybridized carbons (Fsp3) is 0.333. The van der Waals surface area contributed by atoms with Crippen molar-refractivity contribution in [3.8, 4) is 0 Å². The van der Waals surface area contributed by atoms with Gasteiger partial charge >= 0.3 is 0 Å². The van der Waals surface area contributed by atoms with E-state index in [4.69, 9.17) is 0 Å². The molecule has 4 aromatic carbocycles. The van der Waals surface area contributed by atoms with Gasteiger partial charge in [-0.2, -0.15) is 0 Å². The van der Waals surface area contributed by atoms with Crippen molar-refractivity contribution >= 4 is 0 Å². The van der Waals surface area contributed by atoms with Crippen molar-refractivity contribution in [2.24, 2.45) is 0 Å². The van der Waals surface area contributed by atoms with Crippen LogP contribution < -0.4 is 0 Å². The van der Waals surface area contributed by atoms with Crippen molar-refractivity contribution in [3.63, 3.8) is 0 Å². The summed E-state index contributed by atoms with van der Waals surface area (Å²) >= 11 is 0. The third-order valence-corrected chi connectivity index (χ3v) is 8.79. The molecular weight excluding hydrogens is 492 g/mol. The second kappa shape index (κ2) is 12.5. The molecule has 1 fully saturated rings. The fourth-order valence-electron chi connectivity index (χ4n) is 6.63. The SMILES string of the molecule is CN(CC(O)(c1ccccc1)c1ccccc1)[C@@H]1CCCC[C@H]1N(C)CC(O)(c1ccccc1)c1ccccc1. The summed E-state index contributed by atoms with van der Waals surface area (Å²) in [5.41, 5.74) is 1.33. The number of hydrogen-bond donors (Lipinski definition) is 2. The van der Waals surface area contributed by atoms with Crippen LogP contribution in [0.2, 0.25) is 0 Å². The molecule has 0 heterocycles. The second-order valence-corrected chi connectivity index (χ2v) is 11.4. The van der Waals surface area contributed by atoms with Crippen LogP contribution in [0.5, 0.6) is 0 Å². The van der Waals surface area contributed by atoms with E-state index in [2.05, 4.69) is 23.9 Å². The van der Waals surface area contributed by atoms with E-state index in [1.165, 1.54) is 0 Å². The normalized spacial score (nSPS) is 18.2. The summed E-state index contributed by atoms with van der Waals surface area (Å²) in [6.07, 6.45) is 4.44. The molecule has 1 aliphatic carbocycles. The monoisotopic (exact) mass is 534 g/mol. The summed E-state index contributed by atoms with van der Waals surface area (Å²) in [4.78, 5) is 4.70. The smallest absolute Gasteiger partial charge is 0.127 e. The molecule has 4 nitrogen and oxygen atoms in total. The standard InChI is InChI=1S/C36H42N2O2/c1-37(27-35(39,29-17-7-3-8-18-29)30-19-9-4-10-20-30)33-25-15-16-26-34(33)38(2)28-36(40,31-21-11-5-12-22-31)32-23-13-6-14-24-32/h3-14,17-24,33-34,39-40H,15-16,25-28H2,1-2H3/t33-,34-/m1/s1. The molecule has 2 atom stereocenters. The lowest BCUT2D eigenvalue weighted by Crippen LogP contribution is -2.56. The van der Waals surface area contributed by atoms with Gasteiger partial charge in [0.1, 0.15) is 11.2 Å². The van der Waals surface area contributed by atoms with Gasteiger partial charge < -0.3 is 10.2 Å². The molecule has 0 aromatic heterocycles. The Bertz CT molecular complexity index is 1130. The Labute approximate surface area is 239 Å². The highest BCUT2D eigenvalue weighted by molar-refractivity contribution is 5.38. The maximum Gasteiger partial charge on any atom is 0.127 e. The van der Waals surface area contributed by atoms with E-state index < -0.39 is 11.2 Å². The Morgan fingerprint density at radius 3 is 1.00 bits per heavy atom. The minimum atomic E-state index is -1.13. The topological polar surface area (TPSA) is 46.9 Å². The second-order valence-electron chi connectivity index (χ2n) is 11.4. The maximum atomic E-state index is 12.3. The molecule has 1 aliphatic rings. The molecule has 2 N–H and O–H groups in total. The quantitative estimate of drug-likeness (QED) is 0.261. The van der Waals surface area contributed by atoms with Crippen LogP contribution in [0.25, 0.3) is 0 Å². The first-order valence-corrected chi connectivity index (χ1v) is 14.5. The van der Waals surface area contributed by atoms with Crippen LogP contribution >= 0.6 is 0 Å². The highest BCUT2D eigenvalue weighted by Crippen LogP contribution is 2.36. The van der Waals surface area contributed by atoms with Gasteiger partial charge in [0.05, 0.1) is 0 Å². The van der Waals surface area contributed by atoms with Crippen LogP contribution in [0.4, 0.5) is 0 Å². The first-order chi connectivity index (χ1) is 19.4. The summed E-state index contributed by atoms with van der Waals surface area (Å²) in [5.74, 6) is 0. The molecule has 4 aromatic rings. The van der Waals surface area contributed by atoms with E-state index in [-0.39, 0.29) is 12.1 Å². The summed E-state index contributed by atoms with van der Waals surface area (Å²) in [5, 5.41) is 24.5. The Balaban J connectivity index is 1.42. The first-order valence-electron chi connectivity index (χ1n) is 14.5. The van der Waals surface area contributed by atoms with E-state index in [1.807, 2.05) is 121 Å². The van der Waals surface area contributed by atoms with Crippen molar-refractivity contribution in [3.05, 3.63) is 144 Å². The molecule has 1 saturated carbocycles. The number of nitrogens with zero attached hydrogens (tertiary/aromatic N) is 2. The zero-order chi connectivity index (χ0) is 28.0. The molecule has 208 valence electrons. The molecule has 0 aliphatic heterocycles. The average Bonchev–Trinajstić information content (AvgIpc) is 3.02. The zero-order valence-corrected chi connectivity index (χ0v) is 23.7. The Morgan fingerprint density at radius 1 is 0.500 bits per heavy atom. The van der Waals surface area contributed by atoms with Gasteiger partial charge in [0.15, 0.2) is 0 Å². The lowest BCUT2D eigenvalue weighted by atomic mass is 9.82. The summed E-state index contributed by atoms with van der Waals surface area (Å²) in [7, 11) is 4.29. The van der Waals surface area contributed by atoms with Crippen molar-refractivity contribution < 1.29 is 10.2 Å². The first kappa shape index (κ1) is 28.3. The van der Waals surface area contributed by atoms with E-state index >= 15 is 0 Å². The van der Waals surface area contributed by atoms with Gasteiger partial charge in [-0.3, -0.25) is 9.80 Å². The Hall–Kier alpha value is -3.28. The molecule has 0 bridgehead atoms. The van der Waals surface area contributed by atoms with Gasteiger partial charge in [0.25, 0.3) is 0 Å². The van der Waals surface area contributed by atoms with Gasteiger partial charge in [-0.1, -0.05) is 134 Å². The highest BCUT2D eigenvalue weighted by atomic mass is 16.3. The third-order valence-electron chi connectivity index (χ3n) is 8.79. The minimum absolute atomic E-state index is 0.244. The predicted octanol–water partition coefficient (Wildman–Crippen LogP) is 6.03. The Kier molecular flexibility index (Phi) is 8.82. The van der Waals surface area contributed by atoms with Crippen LogP contribution in [-0.4, -0.2) is 59.3 Å². The Morgan fingerprint density at radius 2 is 0.750 bits per heavy atom. The number of benzene rings is 4. The molecular formula is C36H42N2O2. The molecule has 0 spiro atoms. The van der Waals surface area contributed by atoms with Crippen LogP contribution in [0.1, 0.15) is 47.9 Å². The van der Waals surface area contributed by atoms with Crippen LogP contribution in [-0.2, 0) is 11.2 Å². The van der Waals surface area contributed by atoms with E-state index in [1.54, 1.807) is 0 Å². The van der Waals surface area contributed by atoms with Gasteiger partial charge in [-0.05, 0) is 49.2 Å². The highest BCUT2D eigenvalue weighted by Gasteiger charge is 2.41. The van der Waals surface area contributed by atoms with E-state index in [0.29, 0.717) is 13.1 Å². The van der Waals surface area contributed by atoms with Gasteiger partial charge in [0, 0.05) is 25.2 Å². The molecule has 5 rings (SSSR count). The van der Waals surface area contributed by atoms with Crippen LogP contribution in [0.3, 0.4) is 0 Å².